The monoisotopic (exact) mass is 343 g/mol. The number of ether oxygens (including phenoxy) is 2. The zero-order chi connectivity index (χ0) is 17.3. The fraction of sp³-hybridized carbons (Fsp3) is 0.444. The SMILES string of the molecule is CCOc1ccccc1Nc1nccc(NCCN2CCOCC2)n1. The zero-order valence-corrected chi connectivity index (χ0v) is 14.6. The van der Waals surface area contributed by atoms with Crippen LogP contribution in [-0.2, 0) is 4.74 Å². The molecule has 134 valence electrons. The number of anilines is 3. The molecule has 0 amide bonds. The highest BCUT2D eigenvalue weighted by atomic mass is 16.5. The number of rotatable bonds is 8. The second-order valence-electron chi connectivity index (χ2n) is 5.70. The molecule has 0 bridgehead atoms. The quantitative estimate of drug-likeness (QED) is 0.762. The maximum absolute atomic E-state index is 5.62. The van der Waals surface area contributed by atoms with Gasteiger partial charge in [-0.3, -0.25) is 4.90 Å². The lowest BCUT2D eigenvalue weighted by Gasteiger charge is -2.26. The summed E-state index contributed by atoms with van der Waals surface area (Å²) in [7, 11) is 0. The standard InChI is InChI=1S/C18H25N5O2/c1-2-25-16-6-4-3-5-15(16)21-18-20-8-7-17(22-18)19-9-10-23-11-13-24-14-12-23/h3-8H,2,9-14H2,1H3,(H2,19,20,21,22). The van der Waals surface area contributed by atoms with E-state index < -0.39 is 0 Å². The van der Waals surface area contributed by atoms with Crippen LogP contribution in [0.25, 0.3) is 0 Å². The first kappa shape index (κ1) is 17.4. The predicted molar refractivity (Wildman–Crippen MR) is 98.7 cm³/mol. The Labute approximate surface area is 148 Å². The van der Waals surface area contributed by atoms with Crippen molar-refractivity contribution in [2.24, 2.45) is 0 Å². The van der Waals surface area contributed by atoms with Gasteiger partial charge in [-0.05, 0) is 25.1 Å². The number of morpholine rings is 1. The summed E-state index contributed by atoms with van der Waals surface area (Å²) in [5.74, 6) is 2.14. The van der Waals surface area contributed by atoms with Gasteiger partial charge in [0.1, 0.15) is 11.6 Å². The molecule has 7 heteroatoms. The van der Waals surface area contributed by atoms with Gasteiger partial charge in [-0.2, -0.15) is 4.98 Å². The molecule has 2 N–H and O–H groups in total. The number of benzene rings is 1. The van der Waals surface area contributed by atoms with Crippen molar-refractivity contribution in [2.45, 2.75) is 6.92 Å². The number of para-hydroxylation sites is 2. The van der Waals surface area contributed by atoms with E-state index in [0.29, 0.717) is 12.6 Å². The van der Waals surface area contributed by atoms with Gasteiger partial charge in [-0.1, -0.05) is 12.1 Å². The van der Waals surface area contributed by atoms with E-state index in [9.17, 15) is 0 Å². The molecule has 0 radical (unpaired) electrons. The van der Waals surface area contributed by atoms with Crippen LogP contribution < -0.4 is 15.4 Å². The fourth-order valence-electron chi connectivity index (χ4n) is 2.66. The smallest absolute Gasteiger partial charge is 0.229 e. The molecule has 0 spiro atoms. The van der Waals surface area contributed by atoms with E-state index in [1.165, 1.54) is 0 Å². The van der Waals surface area contributed by atoms with Gasteiger partial charge in [0.05, 0.1) is 25.5 Å². The lowest BCUT2D eigenvalue weighted by Crippen LogP contribution is -2.39. The zero-order valence-electron chi connectivity index (χ0n) is 14.6. The van der Waals surface area contributed by atoms with E-state index in [1.54, 1.807) is 6.20 Å². The van der Waals surface area contributed by atoms with Crippen LogP contribution in [0.4, 0.5) is 17.5 Å². The van der Waals surface area contributed by atoms with E-state index in [2.05, 4.69) is 25.5 Å². The van der Waals surface area contributed by atoms with Gasteiger partial charge >= 0.3 is 0 Å². The fourth-order valence-corrected chi connectivity index (χ4v) is 2.66. The molecular weight excluding hydrogens is 318 g/mol. The van der Waals surface area contributed by atoms with Crippen molar-refractivity contribution in [3.8, 4) is 5.75 Å². The number of aromatic nitrogens is 2. The Balaban J connectivity index is 1.56. The van der Waals surface area contributed by atoms with Gasteiger partial charge in [0, 0.05) is 32.4 Å². The van der Waals surface area contributed by atoms with E-state index in [1.807, 2.05) is 37.3 Å². The molecule has 3 rings (SSSR count). The number of nitrogens with one attached hydrogen (secondary N) is 2. The van der Waals surface area contributed by atoms with Crippen molar-refractivity contribution in [1.29, 1.82) is 0 Å². The maximum Gasteiger partial charge on any atom is 0.229 e. The van der Waals surface area contributed by atoms with Crippen molar-refractivity contribution in [3.05, 3.63) is 36.5 Å². The summed E-state index contributed by atoms with van der Waals surface area (Å²) in [5, 5.41) is 6.58. The highest BCUT2D eigenvalue weighted by Crippen LogP contribution is 2.26. The molecule has 1 aliphatic rings. The van der Waals surface area contributed by atoms with Crippen LogP contribution >= 0.6 is 0 Å². The topological polar surface area (TPSA) is 71.5 Å². The summed E-state index contributed by atoms with van der Waals surface area (Å²) < 4.78 is 11.0. The van der Waals surface area contributed by atoms with E-state index >= 15 is 0 Å². The molecule has 2 aromatic rings. The molecule has 0 atom stereocenters. The first-order chi connectivity index (χ1) is 12.3. The second-order valence-corrected chi connectivity index (χ2v) is 5.70. The summed E-state index contributed by atoms with van der Waals surface area (Å²) in [6, 6.07) is 9.65. The normalized spacial score (nSPS) is 14.9. The predicted octanol–water partition coefficient (Wildman–Crippen LogP) is 2.36. The Morgan fingerprint density at radius 3 is 2.88 bits per heavy atom. The molecule has 0 saturated carbocycles. The van der Waals surface area contributed by atoms with Crippen molar-refractivity contribution in [1.82, 2.24) is 14.9 Å². The summed E-state index contributed by atoms with van der Waals surface area (Å²) in [4.78, 5) is 11.2. The van der Waals surface area contributed by atoms with Crippen LogP contribution in [0.1, 0.15) is 6.92 Å². The molecule has 1 aromatic carbocycles. The minimum atomic E-state index is 0.545. The molecule has 1 saturated heterocycles. The van der Waals surface area contributed by atoms with Gasteiger partial charge in [0.15, 0.2) is 0 Å². The van der Waals surface area contributed by atoms with Crippen LogP contribution in [0.15, 0.2) is 36.5 Å². The van der Waals surface area contributed by atoms with Gasteiger partial charge < -0.3 is 20.1 Å². The summed E-state index contributed by atoms with van der Waals surface area (Å²) in [6.07, 6.45) is 1.75. The van der Waals surface area contributed by atoms with Crippen LogP contribution in [0.5, 0.6) is 5.75 Å². The van der Waals surface area contributed by atoms with E-state index in [4.69, 9.17) is 9.47 Å². The van der Waals surface area contributed by atoms with Crippen molar-refractivity contribution in [3.63, 3.8) is 0 Å². The highest BCUT2D eigenvalue weighted by molar-refractivity contribution is 5.62. The molecule has 0 unspecified atom stereocenters. The molecular formula is C18H25N5O2. The maximum atomic E-state index is 5.62. The van der Waals surface area contributed by atoms with Gasteiger partial charge in [0.2, 0.25) is 5.95 Å². The minimum absolute atomic E-state index is 0.545. The largest absolute Gasteiger partial charge is 0.492 e. The van der Waals surface area contributed by atoms with Gasteiger partial charge in [-0.15, -0.1) is 0 Å². The van der Waals surface area contributed by atoms with Gasteiger partial charge in [-0.25, -0.2) is 4.98 Å². The molecule has 2 heterocycles. The third-order valence-corrected chi connectivity index (χ3v) is 3.93. The first-order valence-electron chi connectivity index (χ1n) is 8.71. The Hall–Kier alpha value is -2.38. The Bertz CT molecular complexity index is 661. The van der Waals surface area contributed by atoms with Crippen LogP contribution in [0, 0.1) is 0 Å². The van der Waals surface area contributed by atoms with Crippen molar-refractivity contribution in [2.75, 3.05) is 56.6 Å². The lowest BCUT2D eigenvalue weighted by atomic mass is 10.3. The lowest BCUT2D eigenvalue weighted by molar-refractivity contribution is 0.0398. The third kappa shape index (κ3) is 5.30. The van der Waals surface area contributed by atoms with Crippen LogP contribution in [0.3, 0.4) is 0 Å². The highest BCUT2D eigenvalue weighted by Gasteiger charge is 2.10. The summed E-state index contributed by atoms with van der Waals surface area (Å²) in [6.45, 7) is 8.02. The first-order valence-corrected chi connectivity index (χ1v) is 8.71. The molecule has 1 aliphatic heterocycles. The number of hydrogen-bond donors (Lipinski definition) is 2. The van der Waals surface area contributed by atoms with Gasteiger partial charge in [0.25, 0.3) is 0 Å². The second kappa shape index (κ2) is 9.19. The molecule has 1 fully saturated rings. The summed E-state index contributed by atoms with van der Waals surface area (Å²) >= 11 is 0. The molecule has 25 heavy (non-hydrogen) atoms. The third-order valence-electron chi connectivity index (χ3n) is 3.93. The minimum Gasteiger partial charge on any atom is -0.492 e. The average Bonchev–Trinajstić information content (AvgIpc) is 2.65. The molecule has 7 nitrogen and oxygen atoms in total. The Morgan fingerprint density at radius 1 is 1.20 bits per heavy atom. The molecule has 1 aromatic heterocycles. The number of nitrogens with zero attached hydrogens (tertiary/aromatic N) is 3. The molecule has 0 aliphatic carbocycles. The van der Waals surface area contributed by atoms with E-state index in [-0.39, 0.29) is 0 Å². The summed E-state index contributed by atoms with van der Waals surface area (Å²) in [5.41, 5.74) is 0.856. The van der Waals surface area contributed by atoms with Crippen LogP contribution in [0.2, 0.25) is 0 Å². The van der Waals surface area contributed by atoms with Crippen molar-refractivity contribution < 1.29 is 9.47 Å². The van der Waals surface area contributed by atoms with Crippen LogP contribution in [-0.4, -0.2) is 60.9 Å². The average molecular weight is 343 g/mol. The van der Waals surface area contributed by atoms with E-state index in [0.717, 1.165) is 56.6 Å². The Kier molecular flexibility index (Phi) is 6.42. The number of hydrogen-bond acceptors (Lipinski definition) is 7. The van der Waals surface area contributed by atoms with Crippen molar-refractivity contribution >= 4 is 17.5 Å². The Morgan fingerprint density at radius 2 is 2.04 bits per heavy atom.